The van der Waals surface area contributed by atoms with Gasteiger partial charge in [0, 0.05) is 5.56 Å². The fourth-order valence-corrected chi connectivity index (χ4v) is 4.72. The third-order valence-electron chi connectivity index (χ3n) is 6.68. The molecule has 0 N–H and O–H groups in total. The number of alkyl halides is 1. The second-order valence-electron chi connectivity index (χ2n) is 9.09. The fraction of sp³-hybridized carbons (Fsp3) is 0.333. The van der Waals surface area contributed by atoms with Gasteiger partial charge in [-0.2, -0.15) is 4.39 Å². The van der Waals surface area contributed by atoms with Crippen LogP contribution in [-0.2, 0) is 6.61 Å². The zero-order valence-corrected chi connectivity index (χ0v) is 20.3. The van der Waals surface area contributed by atoms with Crippen molar-refractivity contribution in [3.8, 4) is 22.6 Å². The molecule has 3 aromatic rings. The van der Waals surface area contributed by atoms with E-state index in [1.807, 2.05) is 12.1 Å². The molecule has 1 aliphatic carbocycles. The maximum absolute atomic E-state index is 14.5. The van der Waals surface area contributed by atoms with E-state index in [0.29, 0.717) is 23.8 Å². The van der Waals surface area contributed by atoms with Gasteiger partial charge < -0.3 is 9.47 Å². The van der Waals surface area contributed by atoms with E-state index in [1.54, 1.807) is 31.2 Å². The highest BCUT2D eigenvalue weighted by Gasteiger charge is 2.22. The number of allylic oxidation sites excluding steroid dienone is 2. The Morgan fingerprint density at radius 3 is 2.19 bits per heavy atom. The molecule has 0 atom stereocenters. The number of ether oxygens (including phenoxy) is 2. The van der Waals surface area contributed by atoms with Crippen LogP contribution in [0.1, 0.15) is 49.7 Å². The van der Waals surface area contributed by atoms with Crippen molar-refractivity contribution in [3.63, 3.8) is 0 Å². The number of rotatable bonds is 9. The summed E-state index contributed by atoms with van der Waals surface area (Å²) in [7, 11) is 0. The quantitative estimate of drug-likeness (QED) is 0.275. The minimum atomic E-state index is -1.02. The Labute approximate surface area is 209 Å². The van der Waals surface area contributed by atoms with Gasteiger partial charge >= 0.3 is 0 Å². The van der Waals surface area contributed by atoms with Gasteiger partial charge in [0.05, 0.1) is 6.61 Å². The maximum Gasteiger partial charge on any atom is 0.201 e. The highest BCUT2D eigenvalue weighted by atomic mass is 19.2. The Balaban J connectivity index is 1.31. The zero-order valence-electron chi connectivity index (χ0n) is 20.3. The van der Waals surface area contributed by atoms with Gasteiger partial charge in [-0.1, -0.05) is 36.4 Å². The normalized spacial score (nSPS) is 18.2. The molecule has 2 nitrogen and oxygen atoms in total. The van der Waals surface area contributed by atoms with Crippen LogP contribution in [0, 0.1) is 17.6 Å². The van der Waals surface area contributed by atoms with Crippen LogP contribution in [0.3, 0.4) is 0 Å². The summed E-state index contributed by atoms with van der Waals surface area (Å²) in [6.07, 6.45) is 5.10. The Bertz CT molecular complexity index is 1160. The van der Waals surface area contributed by atoms with Crippen molar-refractivity contribution in [3.05, 3.63) is 95.3 Å². The highest BCUT2D eigenvalue weighted by molar-refractivity contribution is 5.66. The Morgan fingerprint density at radius 2 is 1.56 bits per heavy atom. The van der Waals surface area contributed by atoms with E-state index >= 15 is 0 Å². The molecule has 0 radical (unpaired) electrons. The fourth-order valence-electron chi connectivity index (χ4n) is 4.72. The van der Waals surface area contributed by atoms with E-state index in [2.05, 4.69) is 12.1 Å². The summed E-state index contributed by atoms with van der Waals surface area (Å²) in [5, 5.41) is 0. The first-order valence-corrected chi connectivity index (χ1v) is 12.3. The van der Waals surface area contributed by atoms with Crippen molar-refractivity contribution in [2.75, 3.05) is 13.3 Å². The lowest BCUT2D eigenvalue weighted by Gasteiger charge is -2.27. The number of hydrogen-bond donors (Lipinski definition) is 0. The molecule has 6 heteroatoms. The third-order valence-corrected chi connectivity index (χ3v) is 6.68. The van der Waals surface area contributed by atoms with Gasteiger partial charge in [-0.3, -0.25) is 0 Å². The van der Waals surface area contributed by atoms with Crippen molar-refractivity contribution in [2.24, 2.45) is 5.92 Å². The molecule has 190 valence electrons. The monoisotopic (exact) mass is 498 g/mol. The molecule has 0 amide bonds. The molecule has 1 saturated carbocycles. The molecule has 1 fully saturated rings. The molecular weight excluding hydrogens is 468 g/mol. The lowest BCUT2D eigenvalue weighted by Crippen LogP contribution is -2.12. The molecule has 0 heterocycles. The van der Waals surface area contributed by atoms with Gasteiger partial charge in [-0.05, 0) is 91.5 Å². The summed E-state index contributed by atoms with van der Waals surface area (Å²) in [5.74, 6) is -1.51. The molecule has 0 aromatic heterocycles. The molecule has 0 saturated heterocycles. The summed E-state index contributed by atoms with van der Waals surface area (Å²) in [5.41, 5.74) is 2.98. The van der Waals surface area contributed by atoms with Gasteiger partial charge in [-0.15, -0.1) is 0 Å². The summed E-state index contributed by atoms with van der Waals surface area (Å²) >= 11 is 0. The molecular formula is C30H30F4O2. The largest absolute Gasteiger partial charge is 0.491 e. The van der Waals surface area contributed by atoms with Crippen LogP contribution in [0.15, 0.2) is 72.6 Å². The van der Waals surface area contributed by atoms with Crippen LogP contribution < -0.4 is 9.47 Å². The van der Waals surface area contributed by atoms with E-state index in [1.165, 1.54) is 23.8 Å². The van der Waals surface area contributed by atoms with Crippen molar-refractivity contribution in [1.82, 2.24) is 0 Å². The van der Waals surface area contributed by atoms with Crippen LogP contribution >= 0.6 is 0 Å². The first-order valence-electron chi connectivity index (χ1n) is 12.3. The van der Waals surface area contributed by atoms with Crippen LogP contribution in [0.4, 0.5) is 17.6 Å². The second-order valence-corrected chi connectivity index (χ2v) is 9.09. The smallest absolute Gasteiger partial charge is 0.201 e. The average molecular weight is 499 g/mol. The van der Waals surface area contributed by atoms with Gasteiger partial charge in [0.15, 0.2) is 11.6 Å². The van der Waals surface area contributed by atoms with E-state index in [9.17, 15) is 17.6 Å². The number of benzene rings is 3. The summed E-state index contributed by atoms with van der Waals surface area (Å²) < 4.78 is 65.2. The first-order chi connectivity index (χ1) is 17.5. The highest BCUT2D eigenvalue weighted by Crippen LogP contribution is 2.37. The van der Waals surface area contributed by atoms with E-state index in [4.69, 9.17) is 9.47 Å². The van der Waals surface area contributed by atoms with Crippen LogP contribution in [-0.4, -0.2) is 13.3 Å². The second kappa shape index (κ2) is 12.1. The van der Waals surface area contributed by atoms with Gasteiger partial charge in [0.25, 0.3) is 0 Å². The molecule has 4 rings (SSSR count). The van der Waals surface area contributed by atoms with Crippen LogP contribution in [0.5, 0.6) is 11.5 Å². The summed E-state index contributed by atoms with van der Waals surface area (Å²) in [6.45, 7) is 1.33. The zero-order chi connectivity index (χ0) is 25.5. The molecule has 0 bridgehead atoms. The Morgan fingerprint density at radius 1 is 0.861 bits per heavy atom. The molecule has 0 unspecified atom stereocenters. The lowest BCUT2D eigenvalue weighted by atomic mass is 9.78. The lowest BCUT2D eigenvalue weighted by molar-refractivity contribution is 0.306. The minimum absolute atomic E-state index is 0.0986. The van der Waals surface area contributed by atoms with Crippen LogP contribution in [0.2, 0.25) is 0 Å². The van der Waals surface area contributed by atoms with Crippen molar-refractivity contribution < 1.29 is 27.0 Å². The molecule has 36 heavy (non-hydrogen) atoms. The average Bonchev–Trinajstić information content (AvgIpc) is 2.91. The third kappa shape index (κ3) is 6.28. The SMILES string of the molecule is CCOc1ccc(-c2ccc(OCc3ccc(C4CCC(/C=C(\F)CF)CC4)cc3)cc2)c(F)c1F. The minimum Gasteiger partial charge on any atom is -0.491 e. The summed E-state index contributed by atoms with van der Waals surface area (Å²) in [6, 6.07) is 18.1. The van der Waals surface area contributed by atoms with Gasteiger partial charge in [0.2, 0.25) is 5.82 Å². The molecule has 3 aromatic carbocycles. The Kier molecular flexibility index (Phi) is 8.68. The molecule has 0 aliphatic heterocycles. The Hall–Kier alpha value is -3.28. The topological polar surface area (TPSA) is 18.5 Å². The van der Waals surface area contributed by atoms with Crippen LogP contribution in [0.25, 0.3) is 11.1 Å². The van der Waals surface area contributed by atoms with E-state index in [-0.39, 0.29) is 23.8 Å². The maximum atomic E-state index is 14.5. The standard InChI is InChI=1S/C30H30F4O2/c1-2-35-28-16-15-27(29(33)30(28)34)24-11-13-26(14-12-24)36-19-21-5-9-23(10-6-21)22-7-3-20(4-8-22)17-25(32)18-31/h5-6,9-17,20,22H,2-4,7-8,18-19H2,1H3/b25-17-. The molecule has 0 spiro atoms. The van der Waals surface area contributed by atoms with Gasteiger partial charge in [-0.25, -0.2) is 13.2 Å². The first kappa shape index (κ1) is 25.8. The predicted octanol–water partition coefficient (Wildman–Crippen LogP) is 8.71. The number of halogens is 4. The number of hydrogen-bond acceptors (Lipinski definition) is 2. The van der Waals surface area contributed by atoms with Crippen molar-refractivity contribution >= 4 is 0 Å². The predicted molar refractivity (Wildman–Crippen MR) is 134 cm³/mol. The van der Waals surface area contributed by atoms with E-state index < -0.39 is 24.1 Å². The van der Waals surface area contributed by atoms with Gasteiger partial charge in [0.1, 0.15) is 24.9 Å². The molecule has 1 aliphatic rings. The van der Waals surface area contributed by atoms with Crippen molar-refractivity contribution in [1.29, 1.82) is 0 Å². The summed E-state index contributed by atoms with van der Waals surface area (Å²) in [4.78, 5) is 0. The van der Waals surface area contributed by atoms with E-state index in [0.717, 1.165) is 31.2 Å². The van der Waals surface area contributed by atoms with Crippen molar-refractivity contribution in [2.45, 2.75) is 45.1 Å².